The Balaban J connectivity index is 1.69. The van der Waals surface area contributed by atoms with Gasteiger partial charge in [-0.15, -0.1) is 0 Å². The zero-order valence-corrected chi connectivity index (χ0v) is 14.2. The molecule has 0 bridgehead atoms. The molecule has 0 unspecified atom stereocenters. The summed E-state index contributed by atoms with van der Waals surface area (Å²) >= 11 is 0. The number of pyridine rings is 1. The Hall–Kier alpha value is -2.66. The van der Waals surface area contributed by atoms with E-state index in [1.54, 1.807) is 0 Å². The quantitative estimate of drug-likeness (QED) is 0.689. The van der Waals surface area contributed by atoms with E-state index < -0.39 is 0 Å². The molecule has 3 aromatic rings. The lowest BCUT2D eigenvalue weighted by molar-refractivity contribution is -0.118. The maximum absolute atomic E-state index is 11.0. The first-order chi connectivity index (χ1) is 12.3. The van der Waals surface area contributed by atoms with Crippen LogP contribution in [-0.2, 0) is 11.3 Å². The Kier molecular flexibility index (Phi) is 4.48. The van der Waals surface area contributed by atoms with E-state index >= 15 is 0 Å². The Morgan fingerprint density at radius 3 is 2.64 bits per heavy atom. The second-order valence-electron chi connectivity index (χ2n) is 6.47. The lowest BCUT2D eigenvalue weighted by atomic mass is 10.1. The van der Waals surface area contributed by atoms with Gasteiger partial charge < -0.3 is 9.30 Å². The number of benzene rings is 1. The van der Waals surface area contributed by atoms with E-state index in [9.17, 15) is 4.79 Å². The molecule has 0 radical (unpaired) electrons. The minimum atomic E-state index is 0.793. The van der Waals surface area contributed by atoms with Crippen molar-refractivity contribution in [3.05, 3.63) is 60.4 Å². The molecule has 1 aliphatic rings. The number of carbonyl (C=O) groups excluding carboxylic acids is 1. The van der Waals surface area contributed by atoms with Gasteiger partial charge in [-0.2, -0.15) is 0 Å². The van der Waals surface area contributed by atoms with Crippen LogP contribution < -0.4 is 0 Å². The Morgan fingerprint density at radius 2 is 1.80 bits per heavy atom. The molecule has 1 aromatic carbocycles. The van der Waals surface area contributed by atoms with Crippen LogP contribution in [0.1, 0.15) is 12.1 Å². The third-order valence-electron chi connectivity index (χ3n) is 4.82. The van der Waals surface area contributed by atoms with Crippen LogP contribution in [0.3, 0.4) is 0 Å². The molecule has 2 aromatic heterocycles. The molecule has 0 aliphatic carbocycles. The van der Waals surface area contributed by atoms with Gasteiger partial charge in [-0.05, 0) is 18.6 Å². The molecule has 3 heterocycles. The average Bonchev–Trinajstić information content (AvgIpc) is 2.87. The molecule has 1 amide bonds. The first-order valence-corrected chi connectivity index (χ1v) is 8.78. The summed E-state index contributed by atoms with van der Waals surface area (Å²) in [6, 6.07) is 16.5. The van der Waals surface area contributed by atoms with Gasteiger partial charge >= 0.3 is 0 Å². The minimum absolute atomic E-state index is 0.793. The van der Waals surface area contributed by atoms with E-state index in [2.05, 4.69) is 39.8 Å². The van der Waals surface area contributed by atoms with Gasteiger partial charge in [0.05, 0.1) is 11.4 Å². The molecular formula is C20H22N4O. The fourth-order valence-electron chi connectivity index (χ4n) is 3.49. The first kappa shape index (κ1) is 15.8. The van der Waals surface area contributed by atoms with Crippen LogP contribution >= 0.6 is 0 Å². The summed E-state index contributed by atoms with van der Waals surface area (Å²) in [5.74, 6) is 0. The van der Waals surface area contributed by atoms with E-state index in [0.29, 0.717) is 0 Å². The maximum Gasteiger partial charge on any atom is 0.209 e. The van der Waals surface area contributed by atoms with Crippen LogP contribution in [0.15, 0.2) is 54.7 Å². The number of imidazole rings is 1. The molecule has 0 spiro atoms. The van der Waals surface area contributed by atoms with Gasteiger partial charge in [0.1, 0.15) is 5.65 Å². The number of carbonyl (C=O) groups is 1. The molecule has 0 atom stereocenters. The third kappa shape index (κ3) is 3.28. The van der Waals surface area contributed by atoms with Crippen molar-refractivity contribution in [1.29, 1.82) is 0 Å². The lowest BCUT2D eigenvalue weighted by Gasteiger charge is -2.20. The molecule has 1 saturated heterocycles. The predicted octanol–water partition coefficient (Wildman–Crippen LogP) is 2.67. The topological polar surface area (TPSA) is 40.9 Å². The summed E-state index contributed by atoms with van der Waals surface area (Å²) < 4.78 is 2.19. The number of hydrogen-bond acceptors (Lipinski definition) is 3. The number of hydrogen-bond donors (Lipinski definition) is 0. The number of aromatic nitrogens is 2. The summed E-state index contributed by atoms with van der Waals surface area (Å²) in [7, 11) is 0. The smallest absolute Gasteiger partial charge is 0.209 e. The van der Waals surface area contributed by atoms with E-state index in [1.807, 2.05) is 29.2 Å². The molecular weight excluding hydrogens is 312 g/mol. The predicted molar refractivity (Wildman–Crippen MR) is 98.2 cm³/mol. The van der Waals surface area contributed by atoms with Crippen molar-refractivity contribution < 1.29 is 4.79 Å². The monoisotopic (exact) mass is 334 g/mol. The molecule has 5 heteroatoms. The molecule has 0 N–H and O–H groups in total. The Morgan fingerprint density at radius 1 is 0.960 bits per heavy atom. The number of rotatable bonds is 4. The van der Waals surface area contributed by atoms with Gasteiger partial charge in [-0.3, -0.25) is 9.69 Å². The van der Waals surface area contributed by atoms with Crippen molar-refractivity contribution in [3.8, 4) is 11.3 Å². The summed E-state index contributed by atoms with van der Waals surface area (Å²) in [6.07, 6.45) is 4.06. The summed E-state index contributed by atoms with van der Waals surface area (Å²) in [4.78, 5) is 20.2. The molecule has 1 aliphatic heterocycles. The van der Waals surface area contributed by atoms with Gasteiger partial charge in [0.25, 0.3) is 0 Å². The van der Waals surface area contributed by atoms with Crippen molar-refractivity contribution >= 4 is 12.1 Å². The summed E-state index contributed by atoms with van der Waals surface area (Å²) in [5.41, 5.74) is 4.37. The van der Waals surface area contributed by atoms with Crippen molar-refractivity contribution in [1.82, 2.24) is 19.2 Å². The fraction of sp³-hybridized carbons (Fsp3) is 0.300. The second kappa shape index (κ2) is 7.07. The van der Waals surface area contributed by atoms with E-state index in [1.165, 1.54) is 5.69 Å². The molecule has 25 heavy (non-hydrogen) atoms. The van der Waals surface area contributed by atoms with Crippen LogP contribution in [0.2, 0.25) is 0 Å². The zero-order chi connectivity index (χ0) is 17.1. The largest absolute Gasteiger partial charge is 0.344 e. The van der Waals surface area contributed by atoms with E-state index in [0.717, 1.165) is 62.5 Å². The number of fused-ring (bicyclic) bond motifs is 1. The minimum Gasteiger partial charge on any atom is -0.344 e. The van der Waals surface area contributed by atoms with Crippen molar-refractivity contribution in [2.24, 2.45) is 0 Å². The highest BCUT2D eigenvalue weighted by molar-refractivity contribution is 5.66. The lowest BCUT2D eigenvalue weighted by Crippen LogP contribution is -2.30. The highest BCUT2D eigenvalue weighted by atomic mass is 16.1. The summed E-state index contributed by atoms with van der Waals surface area (Å²) in [5, 5.41) is 0. The standard InChI is InChI=1S/C20H22N4O/c25-16-23-11-6-10-22(13-14-23)15-18-20(17-7-2-1-3-8-17)21-19-9-4-5-12-24(18)19/h1-5,7-9,12,16H,6,10-11,13-15H2. The van der Waals surface area contributed by atoms with Gasteiger partial charge in [0.15, 0.2) is 0 Å². The van der Waals surface area contributed by atoms with Crippen molar-refractivity contribution in [3.63, 3.8) is 0 Å². The highest BCUT2D eigenvalue weighted by Crippen LogP contribution is 2.25. The second-order valence-corrected chi connectivity index (χ2v) is 6.47. The maximum atomic E-state index is 11.0. The molecule has 128 valence electrons. The first-order valence-electron chi connectivity index (χ1n) is 8.78. The third-order valence-corrected chi connectivity index (χ3v) is 4.82. The van der Waals surface area contributed by atoms with Crippen LogP contribution in [-0.4, -0.2) is 51.8 Å². The van der Waals surface area contributed by atoms with Gasteiger partial charge in [-0.25, -0.2) is 4.98 Å². The van der Waals surface area contributed by atoms with Crippen LogP contribution in [0, 0.1) is 0 Å². The Bertz CT molecular complexity index is 859. The van der Waals surface area contributed by atoms with Crippen LogP contribution in [0.4, 0.5) is 0 Å². The fourth-order valence-corrected chi connectivity index (χ4v) is 3.49. The van der Waals surface area contributed by atoms with Crippen molar-refractivity contribution in [2.75, 3.05) is 26.2 Å². The van der Waals surface area contributed by atoms with E-state index in [-0.39, 0.29) is 0 Å². The van der Waals surface area contributed by atoms with Gasteiger partial charge in [0.2, 0.25) is 6.41 Å². The zero-order valence-electron chi connectivity index (χ0n) is 14.2. The van der Waals surface area contributed by atoms with Crippen LogP contribution in [0.25, 0.3) is 16.9 Å². The van der Waals surface area contributed by atoms with Crippen molar-refractivity contribution in [2.45, 2.75) is 13.0 Å². The highest BCUT2D eigenvalue weighted by Gasteiger charge is 2.19. The van der Waals surface area contributed by atoms with Crippen LogP contribution in [0.5, 0.6) is 0 Å². The molecule has 5 nitrogen and oxygen atoms in total. The van der Waals surface area contributed by atoms with E-state index in [4.69, 9.17) is 4.98 Å². The summed E-state index contributed by atoms with van der Waals surface area (Å²) in [6.45, 7) is 4.37. The SMILES string of the molecule is O=CN1CCCN(Cc2c(-c3ccccc3)nc3ccccn23)CC1. The molecule has 0 saturated carbocycles. The normalized spacial score (nSPS) is 16.1. The molecule has 1 fully saturated rings. The number of amides is 1. The number of nitrogens with zero attached hydrogens (tertiary/aromatic N) is 4. The molecule has 4 rings (SSSR count). The Labute approximate surface area is 147 Å². The van der Waals surface area contributed by atoms with Gasteiger partial charge in [-0.1, -0.05) is 36.4 Å². The van der Waals surface area contributed by atoms with Gasteiger partial charge in [0, 0.05) is 44.5 Å². The average molecular weight is 334 g/mol.